The van der Waals surface area contributed by atoms with Gasteiger partial charge in [0.2, 0.25) is 0 Å². The molecule has 0 aromatic heterocycles. The van der Waals surface area contributed by atoms with Gasteiger partial charge in [0.05, 0.1) is 0 Å². The molecule has 0 radical (unpaired) electrons. The average molecular weight is 672 g/mol. The summed E-state index contributed by atoms with van der Waals surface area (Å²) in [5.74, 6) is 0. The van der Waals surface area contributed by atoms with Gasteiger partial charge in [0.15, 0.2) is 0 Å². The van der Waals surface area contributed by atoms with Crippen LogP contribution in [0.4, 0.5) is 0 Å². The molecule has 0 aliphatic heterocycles. The Labute approximate surface area is 254 Å². The van der Waals surface area contributed by atoms with E-state index < -0.39 is 0 Å². The van der Waals surface area contributed by atoms with Crippen LogP contribution in [0.25, 0.3) is 11.1 Å². The molecule has 0 amide bonds. The molecule has 4 aromatic carbocycles. The quantitative estimate of drug-likeness (QED) is 0.221. The maximum atomic E-state index is 5.55. The number of hydrogen-bond donors (Lipinski definition) is 0. The van der Waals surface area contributed by atoms with Crippen LogP contribution in [0.15, 0.2) is 91.0 Å². The minimum Gasteiger partial charge on any atom is -1.00 e. The van der Waals surface area contributed by atoms with Crippen LogP contribution >= 0.6 is 23.2 Å². The van der Waals surface area contributed by atoms with Crippen molar-refractivity contribution in [3.63, 3.8) is 0 Å². The molecule has 0 heterocycles. The fourth-order valence-corrected chi connectivity index (χ4v) is 2.97. The van der Waals surface area contributed by atoms with E-state index in [0.29, 0.717) is 10.0 Å². The fourth-order valence-electron chi connectivity index (χ4n) is 2.71. The molecule has 0 saturated carbocycles. The first-order chi connectivity index (χ1) is 14.5. The molecule has 0 fully saturated rings. The zero-order chi connectivity index (χ0) is 21.8. The van der Waals surface area contributed by atoms with Crippen LogP contribution in [-0.4, -0.2) is 3.21 Å². The average Bonchev–Trinajstić information content (AvgIpc) is 3.42. The van der Waals surface area contributed by atoms with Crippen LogP contribution in [0.1, 0.15) is 25.0 Å². The summed E-state index contributed by atoms with van der Waals surface area (Å²) in [6, 6.07) is 36.1. The van der Waals surface area contributed by atoms with Crippen LogP contribution in [0.3, 0.4) is 0 Å². The Morgan fingerprint density at radius 1 is 0.818 bits per heavy atom. The maximum Gasteiger partial charge on any atom is 4.00 e. The molecule has 0 unspecified atom stereocenters. The van der Waals surface area contributed by atoms with E-state index in [1.807, 2.05) is 36.4 Å². The number of rotatable bonds is 0. The predicted molar refractivity (Wildman–Crippen MR) is 127 cm³/mol. The predicted octanol–water partition coefficient (Wildman–Crippen LogP) is 2.01. The maximum absolute atomic E-state index is 5.55. The van der Waals surface area contributed by atoms with Gasteiger partial charge in [0.25, 0.3) is 0 Å². The second kappa shape index (κ2) is 20.0. The van der Waals surface area contributed by atoms with E-state index in [9.17, 15) is 0 Å². The van der Waals surface area contributed by atoms with Gasteiger partial charge in [0, 0.05) is 0 Å². The number of halogens is 4. The zero-order valence-electron chi connectivity index (χ0n) is 18.4. The van der Waals surface area contributed by atoms with E-state index in [1.54, 1.807) is 42.4 Å². The normalized spacial score (nSPS) is 9.15. The van der Waals surface area contributed by atoms with Crippen molar-refractivity contribution < 1.29 is 75.3 Å². The summed E-state index contributed by atoms with van der Waals surface area (Å²) in [5, 5.41) is 1.03. The largest absolute Gasteiger partial charge is 4.00 e. The Bertz CT molecular complexity index is 962. The van der Waals surface area contributed by atoms with Gasteiger partial charge in [-0.15, -0.1) is 17.2 Å². The molecule has 33 heavy (non-hydrogen) atoms. The smallest absolute Gasteiger partial charge is 1.00 e. The molecule has 166 valence electrons. The molecule has 0 bridgehead atoms. The van der Waals surface area contributed by atoms with Crippen molar-refractivity contribution in [3.8, 4) is 11.1 Å². The van der Waals surface area contributed by atoms with Crippen molar-refractivity contribution in [2.75, 3.05) is 0 Å². The molecule has 0 atom stereocenters. The standard InChI is InChI=1S/C13H9.C6H3Cl2.C5H5.C3H6.2ClH.2Zr/c1-3-7-12-10(5-1)9-11-6-2-4-8-13(11)12;7-5-3-1-2-4-6(5)8;1-2-4-5-3-1;1-3-2;;;;/h1-5,7-8H,9H2;1-3H;1-5H;1-2H3;2*1H;;/q3*-1;;;;+2;+4/p-2. The SMILES string of the molecule is C[C](C)=[Zr+2].Clc1[c-]cccc1Cl.[Cl-].[Cl-].[Zr+4].[c-]1cccc2c1Cc1ccccc1-2.c1cc[cH-]c1. The molecule has 0 saturated heterocycles. The Morgan fingerprint density at radius 2 is 1.36 bits per heavy atom. The van der Waals surface area contributed by atoms with Gasteiger partial charge in [-0.25, -0.2) is 12.1 Å². The van der Waals surface area contributed by atoms with Crippen molar-refractivity contribution in [2.45, 2.75) is 20.3 Å². The van der Waals surface area contributed by atoms with E-state index in [1.165, 1.54) is 25.5 Å². The van der Waals surface area contributed by atoms with Gasteiger partial charge in [0.1, 0.15) is 0 Å². The summed E-state index contributed by atoms with van der Waals surface area (Å²) >= 11 is 12.6. The van der Waals surface area contributed by atoms with E-state index in [4.69, 9.17) is 23.2 Å². The number of hydrogen-bond acceptors (Lipinski definition) is 0. The number of benzene rings is 3. The van der Waals surface area contributed by atoms with Crippen LogP contribution in [0.2, 0.25) is 10.0 Å². The van der Waals surface area contributed by atoms with Gasteiger partial charge in [-0.2, -0.15) is 83.9 Å². The second-order valence-corrected chi connectivity index (χ2v) is 9.93. The first kappa shape index (κ1) is 35.0. The summed E-state index contributed by atoms with van der Waals surface area (Å²) in [7, 11) is 0. The Balaban J connectivity index is 0. The Morgan fingerprint density at radius 3 is 1.88 bits per heavy atom. The summed E-state index contributed by atoms with van der Waals surface area (Å²) < 4.78 is 1.51. The topological polar surface area (TPSA) is 0 Å². The summed E-state index contributed by atoms with van der Waals surface area (Å²) in [5.41, 5.74) is 5.51. The molecule has 5 rings (SSSR count). The van der Waals surface area contributed by atoms with Gasteiger partial charge in [-0.1, -0.05) is 45.4 Å². The van der Waals surface area contributed by atoms with Crippen molar-refractivity contribution in [3.05, 3.63) is 124 Å². The minimum atomic E-state index is 0. The van der Waals surface area contributed by atoms with Gasteiger partial charge in [-0.3, -0.25) is 0 Å². The van der Waals surface area contributed by atoms with E-state index in [2.05, 4.69) is 62.4 Å². The first-order valence-electron chi connectivity index (χ1n) is 9.57. The van der Waals surface area contributed by atoms with Crippen molar-refractivity contribution in [1.29, 1.82) is 0 Å². The van der Waals surface area contributed by atoms with Crippen molar-refractivity contribution >= 4 is 26.4 Å². The van der Waals surface area contributed by atoms with Crippen LogP contribution in [0, 0.1) is 12.1 Å². The van der Waals surface area contributed by atoms with E-state index >= 15 is 0 Å². The molecule has 0 nitrogen and oxygen atoms in total. The summed E-state index contributed by atoms with van der Waals surface area (Å²) in [6.45, 7) is 4.25. The zero-order valence-corrected chi connectivity index (χ0v) is 26.3. The molecular weight excluding hydrogens is 649 g/mol. The monoisotopic (exact) mass is 667 g/mol. The Kier molecular flexibility index (Phi) is 21.2. The van der Waals surface area contributed by atoms with Crippen molar-refractivity contribution in [2.24, 2.45) is 0 Å². The fraction of sp³-hybridized carbons (Fsp3) is 0.111. The Hall–Kier alpha value is -0.194. The molecule has 1 aliphatic rings. The van der Waals surface area contributed by atoms with Gasteiger partial charge in [-0.05, 0) is 6.42 Å². The van der Waals surface area contributed by atoms with Crippen LogP contribution in [-0.2, 0) is 56.9 Å². The molecule has 6 heteroatoms. The number of fused-ring (bicyclic) bond motifs is 3. The minimum absolute atomic E-state index is 0. The van der Waals surface area contributed by atoms with Gasteiger partial charge < -0.3 is 24.8 Å². The second-order valence-electron chi connectivity index (χ2n) is 6.69. The molecule has 1 aliphatic carbocycles. The van der Waals surface area contributed by atoms with Crippen LogP contribution in [0.5, 0.6) is 0 Å². The van der Waals surface area contributed by atoms with E-state index in [0.717, 1.165) is 6.42 Å². The third-order valence-electron chi connectivity index (χ3n) is 3.93. The summed E-state index contributed by atoms with van der Waals surface area (Å²) in [6.07, 6.45) is 1.05. The third-order valence-corrected chi connectivity index (χ3v) is 4.66. The molecule has 0 spiro atoms. The van der Waals surface area contributed by atoms with Crippen molar-refractivity contribution in [1.82, 2.24) is 0 Å². The molecular formula is C27H23Cl4Zr2+. The first-order valence-corrected chi connectivity index (χ1v) is 11.6. The third kappa shape index (κ3) is 13.5. The van der Waals surface area contributed by atoms with Gasteiger partial charge >= 0.3 is 67.5 Å². The summed E-state index contributed by atoms with van der Waals surface area (Å²) in [4.78, 5) is 0. The van der Waals surface area contributed by atoms with E-state index in [-0.39, 0.29) is 51.0 Å². The van der Waals surface area contributed by atoms with Crippen LogP contribution < -0.4 is 24.8 Å². The molecule has 0 N–H and O–H groups in total. The molecule has 4 aromatic rings.